The van der Waals surface area contributed by atoms with Gasteiger partial charge in [-0.3, -0.25) is 0 Å². The molecule has 0 aliphatic rings. The lowest BCUT2D eigenvalue weighted by molar-refractivity contribution is 0.0516. The fraction of sp³-hybridized carbons (Fsp3) is 0.191. The van der Waals surface area contributed by atoms with Crippen molar-refractivity contribution in [1.29, 1.82) is 0 Å². The lowest BCUT2D eigenvalue weighted by Crippen LogP contribution is -2.08. The molecule has 1 N–H and O–H groups in total. The number of carbonyl (C=O) groups is 4. The third-order valence-corrected chi connectivity index (χ3v) is 18.7. The van der Waals surface area contributed by atoms with Crippen LogP contribution in [0.1, 0.15) is 133 Å². The molecule has 8 aromatic heterocycles. The van der Waals surface area contributed by atoms with Crippen molar-refractivity contribution in [2.45, 2.75) is 88.0 Å². The minimum absolute atomic E-state index is 0.0878. The predicted octanol–water partition coefficient (Wildman–Crippen LogP) is 18.6. The number of para-hydroxylation sites is 4. The van der Waals surface area contributed by atoms with Gasteiger partial charge in [-0.15, -0.1) is 11.8 Å². The summed E-state index contributed by atoms with van der Waals surface area (Å²) in [7, 11) is 1.32. The van der Waals surface area contributed by atoms with Gasteiger partial charge in [-0.1, -0.05) is 192 Å². The van der Waals surface area contributed by atoms with Crippen molar-refractivity contribution in [1.82, 2.24) is 79.7 Å². The van der Waals surface area contributed by atoms with Crippen LogP contribution in [0, 0.1) is 41.5 Å². The van der Waals surface area contributed by atoms with Crippen LogP contribution in [0.4, 0.5) is 0 Å². The zero-order valence-electron chi connectivity index (χ0n) is 66.9. The van der Waals surface area contributed by atoms with Gasteiger partial charge in [-0.25, -0.2) is 37.9 Å². The monoisotopic (exact) mass is 1600 g/mol. The Bertz CT molecular complexity index is 6270. The molecule has 0 aliphatic heterocycles. The molecule has 0 saturated carbocycles. The summed E-state index contributed by atoms with van der Waals surface area (Å²) in [6.45, 7) is 22.3. The van der Waals surface area contributed by atoms with E-state index in [1.165, 1.54) is 29.6 Å². The topological polar surface area (TPSA) is 343 Å². The molecule has 0 aliphatic carbocycles. The van der Waals surface area contributed by atoms with Crippen LogP contribution in [0.15, 0.2) is 236 Å². The average Bonchev–Trinajstić information content (AvgIpc) is 1.66. The summed E-state index contributed by atoms with van der Waals surface area (Å²) < 4.78 is 43.7. The number of esters is 3. The first-order valence-corrected chi connectivity index (χ1v) is 38.9. The van der Waals surface area contributed by atoms with Crippen molar-refractivity contribution < 1.29 is 56.6 Å². The molecule has 29 heteroatoms. The zero-order valence-corrected chi connectivity index (χ0v) is 67.7. The maximum Gasteiger partial charge on any atom is 0.359 e. The molecule has 0 radical (unpaired) electrons. The molecule has 0 saturated heterocycles. The highest BCUT2D eigenvalue weighted by Gasteiger charge is 2.29. The van der Waals surface area contributed by atoms with Gasteiger partial charge in [0, 0.05) is 46.5 Å². The minimum atomic E-state index is -1.12. The Kier molecular flexibility index (Phi) is 25.3. The first kappa shape index (κ1) is 81.4. The summed E-state index contributed by atoms with van der Waals surface area (Å²) in [5, 5.41) is 43.6. The van der Waals surface area contributed by atoms with Crippen molar-refractivity contribution in [2.24, 2.45) is 0 Å². The number of nitrogens with zero attached hydrogens (tertiary/aromatic N) is 16. The summed E-state index contributed by atoms with van der Waals surface area (Å²) in [6, 6.07) is 68.7. The van der Waals surface area contributed by atoms with Crippen molar-refractivity contribution in [3.63, 3.8) is 0 Å². The first-order chi connectivity index (χ1) is 57.0. The van der Waals surface area contributed by atoms with Crippen molar-refractivity contribution in [2.75, 3.05) is 25.9 Å². The van der Waals surface area contributed by atoms with Gasteiger partial charge in [0.15, 0.2) is 22.8 Å². The van der Waals surface area contributed by atoms with E-state index < -0.39 is 23.9 Å². The Balaban J connectivity index is 0.000000137. The number of carboxylic acids is 1. The molecule has 0 spiro atoms. The fourth-order valence-electron chi connectivity index (χ4n) is 12.6. The maximum atomic E-state index is 12.5. The normalized spacial score (nSPS) is 11.0. The van der Waals surface area contributed by atoms with Gasteiger partial charge in [0.25, 0.3) is 23.6 Å². The van der Waals surface area contributed by atoms with Crippen LogP contribution < -0.4 is 0 Å². The number of hydrogen-bond acceptors (Lipinski definition) is 24. The largest absolute Gasteiger partial charge is 0.476 e. The van der Waals surface area contributed by atoms with Crippen molar-refractivity contribution >= 4 is 35.6 Å². The molecule has 8 aromatic carbocycles. The zero-order chi connectivity index (χ0) is 83.3. The number of rotatable bonds is 21. The van der Waals surface area contributed by atoms with Gasteiger partial charge in [0.1, 0.15) is 28.7 Å². The van der Waals surface area contributed by atoms with E-state index in [2.05, 4.69) is 88.7 Å². The Hall–Kier alpha value is -14.6. The molecule has 16 aromatic rings. The van der Waals surface area contributed by atoms with Gasteiger partial charge < -0.3 is 37.4 Å². The van der Waals surface area contributed by atoms with Crippen LogP contribution in [-0.2, 0) is 14.2 Å². The number of hydrogen-bond donors (Lipinski definition) is 1. The molecule has 0 amide bonds. The molecular formula is C89H82N16O12S. The number of carbonyl (C=O) groups excluding carboxylic acids is 3. The number of thioether (sulfide) groups is 1. The molecule has 16 rings (SSSR count). The van der Waals surface area contributed by atoms with Gasteiger partial charge in [0.2, 0.25) is 23.3 Å². The summed E-state index contributed by atoms with van der Waals surface area (Å²) in [6.07, 6.45) is 1.86. The lowest BCUT2D eigenvalue weighted by atomic mass is 10.0. The Morgan fingerprint density at radius 2 is 0.678 bits per heavy atom. The number of aryl methyl sites for hydroxylation is 6. The summed E-state index contributed by atoms with van der Waals surface area (Å²) in [5.41, 5.74) is 17.6. The summed E-state index contributed by atoms with van der Waals surface area (Å²) in [5.74, 6) is 0.990. The van der Waals surface area contributed by atoms with E-state index in [1.807, 2.05) is 242 Å². The van der Waals surface area contributed by atoms with Crippen LogP contribution in [0.5, 0.6) is 0 Å². The van der Waals surface area contributed by atoms with E-state index >= 15 is 0 Å². The number of aromatic carboxylic acids is 1. The lowest BCUT2D eigenvalue weighted by Gasteiger charge is -2.13. The molecule has 0 unspecified atom stereocenters. The van der Waals surface area contributed by atoms with Crippen LogP contribution >= 0.6 is 11.8 Å². The Morgan fingerprint density at radius 3 is 0.983 bits per heavy atom. The SMILES string of the molecule is CCOC(=O)c1cc(-c2noc(-c3cccc(C)c3)n2)n(-c2ccccc2C(C)C)n1.COC(=O)c1cc(-c2noc(-c3cccc(C)c3)n2)n(-c2ccccc2C)n1.CSCOC(=O)c1cc(-c2noc(-c3cccc(C)c3)n2)n(-c2ccccc2C(C)C)n1.Cc1cccc(-c2nc(-c3cc(C(=O)O)nn3-c3ccccc3C)no2)c1. The fourth-order valence-corrected chi connectivity index (χ4v) is 12.9. The molecule has 596 valence electrons. The van der Waals surface area contributed by atoms with Crippen LogP contribution in [0.25, 0.3) is 115 Å². The minimum Gasteiger partial charge on any atom is -0.476 e. The highest BCUT2D eigenvalue weighted by atomic mass is 32.2. The quantitative estimate of drug-likeness (QED) is 0.0397. The highest BCUT2D eigenvalue weighted by molar-refractivity contribution is 7.98. The van der Waals surface area contributed by atoms with Crippen LogP contribution in [-0.4, -0.2) is 135 Å². The van der Waals surface area contributed by atoms with E-state index in [9.17, 15) is 24.3 Å². The van der Waals surface area contributed by atoms with Gasteiger partial charge in [-0.2, -0.15) is 40.3 Å². The van der Waals surface area contributed by atoms with E-state index in [-0.39, 0.29) is 53.0 Å². The number of benzene rings is 8. The first-order valence-electron chi connectivity index (χ1n) is 37.5. The van der Waals surface area contributed by atoms with Crippen LogP contribution in [0.2, 0.25) is 0 Å². The van der Waals surface area contributed by atoms with Crippen molar-refractivity contribution in [3.05, 3.63) is 286 Å². The second-order valence-corrected chi connectivity index (χ2v) is 28.6. The number of ether oxygens (including phenoxy) is 3. The smallest absolute Gasteiger partial charge is 0.359 e. The number of methoxy groups -OCH3 is 1. The molecule has 0 fully saturated rings. The molecule has 28 nitrogen and oxygen atoms in total. The molecule has 0 bridgehead atoms. The third-order valence-electron chi connectivity index (χ3n) is 18.4. The maximum absolute atomic E-state index is 12.5. The molecule has 0 atom stereocenters. The predicted molar refractivity (Wildman–Crippen MR) is 444 cm³/mol. The molecular weight excluding hydrogens is 1520 g/mol. The highest BCUT2D eigenvalue weighted by Crippen LogP contribution is 2.35. The van der Waals surface area contributed by atoms with Gasteiger partial charge in [-0.05, 0) is 162 Å². The van der Waals surface area contributed by atoms with Crippen LogP contribution in [0.3, 0.4) is 0 Å². The summed E-state index contributed by atoms with van der Waals surface area (Å²) in [4.78, 5) is 66.5. The second kappa shape index (κ2) is 36.7. The Morgan fingerprint density at radius 1 is 0.381 bits per heavy atom. The van der Waals surface area contributed by atoms with Crippen molar-refractivity contribution in [3.8, 4) is 115 Å². The second-order valence-electron chi connectivity index (χ2n) is 27.8. The Labute approximate surface area is 682 Å². The molecule has 8 heterocycles. The average molecular weight is 1600 g/mol. The van der Waals surface area contributed by atoms with Gasteiger partial charge in [0.05, 0.1) is 36.5 Å². The van der Waals surface area contributed by atoms with E-state index in [1.54, 1.807) is 39.2 Å². The van der Waals surface area contributed by atoms with Gasteiger partial charge >= 0.3 is 23.9 Å². The molecule has 118 heavy (non-hydrogen) atoms. The van der Waals surface area contributed by atoms with E-state index in [0.29, 0.717) is 63.8 Å². The standard InChI is InChI=1S/C24H24N4O3S.C24H24N4O3.C21H18N4O3.C20H16N4O3/c1-15(2)18-10-5-6-11-20(18)28-21(13-19(26-28)24(29)30-14-32-4)22-25-23(31-27-22)17-9-7-8-16(3)12-17;1-5-30-24(29)19-14-21(28(26-19)20-12-7-6-11-18(20)15(2)3)22-25-23(31-27-22)17-10-8-9-16(4)13-17;1-13-7-6-9-15(11-13)20-22-19(24-28-20)18-12-16(21(26)27-3)23-25(18)17-10-5-4-8-14(17)2;1-12-6-5-8-14(10-12)19-21-18(23-27-19)17-11-15(20(25)26)22-24(17)16-9-4-3-7-13(16)2/h5-13,15H,14H2,1-4H3;6-15H,5H2,1-4H3;4-12H,1-3H3;3-11H,1-2H3,(H,25,26). The summed E-state index contributed by atoms with van der Waals surface area (Å²) >= 11 is 1.42. The van der Waals surface area contributed by atoms with E-state index in [0.717, 1.165) is 89.5 Å². The number of aromatic nitrogens is 16. The van der Waals surface area contributed by atoms with E-state index in [4.69, 9.17) is 32.3 Å². The third kappa shape index (κ3) is 18.6. The number of carboxylic acid groups (broad SMARTS) is 1.